The van der Waals surface area contributed by atoms with Gasteiger partial charge in [0.05, 0.1) is 0 Å². The lowest BCUT2D eigenvalue weighted by molar-refractivity contribution is 0.435. The highest BCUT2D eigenvalue weighted by molar-refractivity contribution is 7.80. The molecule has 8 heavy (non-hydrogen) atoms. The van der Waals surface area contributed by atoms with Crippen LogP contribution >= 0.6 is 11.6 Å². The monoisotopic (exact) mass is 164 g/mol. The van der Waals surface area contributed by atoms with Crippen LogP contribution in [0.3, 0.4) is 0 Å². The molecule has 0 saturated carbocycles. The molecule has 0 aromatic rings. The van der Waals surface area contributed by atoms with E-state index in [2.05, 4.69) is 0 Å². The minimum atomic E-state index is -5.17. The molecular weight excluding hydrogens is 159 g/mol. The number of hydrogen-bond donors (Lipinski definition) is 1. The van der Waals surface area contributed by atoms with Gasteiger partial charge in [-0.05, 0) is 0 Å². The van der Waals surface area contributed by atoms with Gasteiger partial charge >= 0.3 is 10.5 Å². The van der Waals surface area contributed by atoms with E-state index in [0.717, 1.165) is 5.88 Å². The van der Waals surface area contributed by atoms with E-state index in [-0.39, 0.29) is 0 Å². The minimum Gasteiger partial charge on any atom is -0.260 e. The molecule has 0 saturated heterocycles. The summed E-state index contributed by atoms with van der Waals surface area (Å²) < 4.78 is 34.1. The van der Waals surface area contributed by atoms with Crippen LogP contribution in [0.15, 0.2) is 0 Å². The average Bonchev–Trinajstić information content (AvgIpc) is 1.27. The highest BCUT2D eigenvalue weighted by atomic mass is 35.5. The maximum absolute atomic E-state index is 10.2. The molecule has 0 aliphatic heterocycles. The van der Waals surface area contributed by atoms with Gasteiger partial charge in [0.1, 0.15) is 0 Å². The number of rotatable bonds is 0. The number of halogens is 2. The normalized spacial score (nSPS) is 9.50. The molecule has 1 N–H and O–H groups in total. The molecule has 0 aromatic carbocycles. The van der Waals surface area contributed by atoms with Crippen LogP contribution in [0.2, 0.25) is 0 Å². The van der Waals surface area contributed by atoms with Gasteiger partial charge < -0.3 is 0 Å². The van der Waals surface area contributed by atoms with Crippen molar-refractivity contribution in [2.24, 2.45) is 0 Å². The Hall–Kier alpha value is 0.130. The van der Waals surface area contributed by atoms with Crippen LogP contribution < -0.4 is 0 Å². The molecule has 3 nitrogen and oxygen atoms in total. The highest BCUT2D eigenvalue weighted by Crippen LogP contribution is 1.74. The van der Waals surface area contributed by atoms with Crippen molar-refractivity contribution in [3.63, 3.8) is 0 Å². The van der Waals surface area contributed by atoms with Crippen LogP contribution in [-0.2, 0) is 10.5 Å². The van der Waals surface area contributed by atoms with Crippen molar-refractivity contribution in [1.82, 2.24) is 0 Å². The van der Waals surface area contributed by atoms with E-state index in [1.54, 1.807) is 0 Å². The lowest BCUT2D eigenvalue weighted by Gasteiger charge is -1.63. The van der Waals surface area contributed by atoms with Crippen LogP contribution in [0.1, 0.15) is 6.92 Å². The van der Waals surface area contributed by atoms with Gasteiger partial charge in [0.2, 0.25) is 0 Å². The Kier molecular flexibility index (Phi) is 7.25. The van der Waals surface area contributed by atoms with Gasteiger partial charge in [-0.2, -0.15) is 8.42 Å². The lowest BCUT2D eigenvalue weighted by atomic mass is 11.0. The predicted molar refractivity (Wildman–Crippen MR) is 29.1 cm³/mol. The summed E-state index contributed by atoms with van der Waals surface area (Å²) in [5.41, 5.74) is 0. The molecule has 6 heteroatoms. The molecule has 0 unspecified atom stereocenters. The van der Waals surface area contributed by atoms with Crippen LogP contribution in [-0.4, -0.2) is 18.9 Å². The van der Waals surface area contributed by atoms with Crippen molar-refractivity contribution in [3.8, 4) is 0 Å². The summed E-state index contributed by atoms with van der Waals surface area (Å²) in [6, 6.07) is 0. The Morgan fingerprint density at radius 2 is 1.75 bits per heavy atom. The van der Waals surface area contributed by atoms with E-state index >= 15 is 0 Å². The smallest absolute Gasteiger partial charge is 0.260 e. The Morgan fingerprint density at radius 1 is 1.75 bits per heavy atom. The molecule has 0 amide bonds. The van der Waals surface area contributed by atoms with Crippen molar-refractivity contribution >= 4 is 22.1 Å². The van der Waals surface area contributed by atoms with Crippen LogP contribution in [0.4, 0.5) is 3.89 Å². The fourth-order valence-electron chi connectivity index (χ4n) is 0. The van der Waals surface area contributed by atoms with E-state index in [1.807, 2.05) is 6.92 Å². The van der Waals surface area contributed by atoms with Gasteiger partial charge in [-0.15, -0.1) is 11.6 Å². The third kappa shape index (κ3) is 9550. The quantitative estimate of drug-likeness (QED) is 0.330. The van der Waals surface area contributed by atoms with E-state index < -0.39 is 10.5 Å². The third-order valence-corrected chi connectivity index (χ3v) is 0. The van der Waals surface area contributed by atoms with Gasteiger partial charge in [0.15, 0.2) is 0 Å². The summed E-state index contributed by atoms with van der Waals surface area (Å²) in [6.07, 6.45) is 0. The first kappa shape index (κ1) is 11.0. The fraction of sp³-hybridized carbons (Fsp3) is 1.00. The molecule has 0 heterocycles. The summed E-state index contributed by atoms with van der Waals surface area (Å²) >= 11 is 5.00. The summed E-state index contributed by atoms with van der Waals surface area (Å²) in [5, 5.41) is 0. The zero-order chi connectivity index (χ0) is 7.21. The number of hydrogen-bond acceptors (Lipinski definition) is 2. The molecular formula is C2H6ClFO3S. The van der Waals surface area contributed by atoms with Gasteiger partial charge in [0, 0.05) is 5.88 Å². The molecule has 0 rings (SSSR count). The minimum absolute atomic E-state index is 0.722. The average molecular weight is 165 g/mol. The molecule has 0 fully saturated rings. The SMILES string of the molecule is CCCl.O=S(=O)(O)F. The highest BCUT2D eigenvalue weighted by Gasteiger charge is 1.89. The molecule has 0 bridgehead atoms. The first-order valence-corrected chi connectivity index (χ1v) is 3.52. The predicted octanol–water partition coefficient (Wildman–Crippen LogP) is 1.00. The summed E-state index contributed by atoms with van der Waals surface area (Å²) in [7, 11) is -5.17. The Balaban J connectivity index is 0. The lowest BCUT2D eigenvalue weighted by Crippen LogP contribution is -1.80. The van der Waals surface area contributed by atoms with Crippen molar-refractivity contribution in [3.05, 3.63) is 0 Å². The Morgan fingerprint density at radius 3 is 1.75 bits per heavy atom. The molecule has 0 aliphatic carbocycles. The second kappa shape index (κ2) is 5.27. The maximum Gasteiger partial charge on any atom is 0.435 e. The summed E-state index contributed by atoms with van der Waals surface area (Å²) in [4.78, 5) is 0. The van der Waals surface area contributed by atoms with Gasteiger partial charge in [0.25, 0.3) is 0 Å². The zero-order valence-corrected chi connectivity index (χ0v) is 5.71. The first-order valence-electron chi connectivity index (χ1n) is 1.64. The standard InChI is InChI=1S/C2H5Cl.FHO3S/c1-2-3;1-5(2,3)4/h2H2,1H3;(H,2,3,4). The molecule has 0 spiro atoms. The Bertz CT molecular complexity index is 111. The second-order valence-electron chi connectivity index (χ2n) is 0.679. The van der Waals surface area contributed by atoms with Crippen LogP contribution in [0.5, 0.6) is 0 Å². The molecule has 52 valence electrons. The molecule has 0 radical (unpaired) electrons. The van der Waals surface area contributed by atoms with Crippen LogP contribution in [0, 0.1) is 0 Å². The van der Waals surface area contributed by atoms with Gasteiger partial charge in [-0.25, -0.2) is 0 Å². The summed E-state index contributed by atoms with van der Waals surface area (Å²) in [5.74, 6) is 0.722. The molecule has 0 atom stereocenters. The van der Waals surface area contributed by atoms with Crippen molar-refractivity contribution < 1.29 is 16.9 Å². The largest absolute Gasteiger partial charge is 0.435 e. The molecule has 0 aliphatic rings. The summed E-state index contributed by atoms with van der Waals surface area (Å²) in [6.45, 7) is 1.89. The second-order valence-corrected chi connectivity index (χ2v) is 2.04. The topological polar surface area (TPSA) is 54.4 Å². The van der Waals surface area contributed by atoms with Crippen molar-refractivity contribution in [1.29, 1.82) is 0 Å². The maximum atomic E-state index is 10.2. The van der Waals surface area contributed by atoms with Crippen molar-refractivity contribution in [2.45, 2.75) is 6.92 Å². The first-order chi connectivity index (χ1) is 3.41. The zero-order valence-electron chi connectivity index (χ0n) is 4.13. The Labute approximate surface area is 52.5 Å². The van der Waals surface area contributed by atoms with Gasteiger partial charge in [-0.3, -0.25) is 4.55 Å². The van der Waals surface area contributed by atoms with E-state index in [4.69, 9.17) is 24.6 Å². The van der Waals surface area contributed by atoms with Crippen LogP contribution in [0.25, 0.3) is 0 Å². The van der Waals surface area contributed by atoms with Crippen molar-refractivity contribution in [2.75, 3.05) is 5.88 Å². The van der Waals surface area contributed by atoms with Gasteiger partial charge in [-0.1, -0.05) is 10.8 Å². The van der Waals surface area contributed by atoms with E-state index in [0.29, 0.717) is 0 Å². The van der Waals surface area contributed by atoms with E-state index in [9.17, 15) is 3.89 Å². The number of alkyl halides is 1. The third-order valence-electron chi connectivity index (χ3n) is 0. The molecule has 0 aromatic heterocycles. The van der Waals surface area contributed by atoms with E-state index in [1.165, 1.54) is 0 Å². The fourth-order valence-corrected chi connectivity index (χ4v) is 0.